The van der Waals surface area contributed by atoms with Crippen molar-refractivity contribution in [3.63, 3.8) is 0 Å². The minimum absolute atomic E-state index is 0.290. The van der Waals surface area contributed by atoms with Gasteiger partial charge in [-0.1, -0.05) is 31.2 Å². The number of para-hydroxylation sites is 1. The summed E-state index contributed by atoms with van der Waals surface area (Å²) in [5.41, 5.74) is 0.421. The Labute approximate surface area is 117 Å². The van der Waals surface area contributed by atoms with Crippen LogP contribution < -0.4 is 10.1 Å². The van der Waals surface area contributed by atoms with E-state index < -0.39 is 6.10 Å². The molecule has 0 fully saturated rings. The summed E-state index contributed by atoms with van der Waals surface area (Å²) in [6, 6.07) is 14.9. The third kappa shape index (κ3) is 3.82. The van der Waals surface area contributed by atoms with Gasteiger partial charge in [-0.2, -0.15) is 0 Å². The van der Waals surface area contributed by atoms with Crippen LogP contribution in [0.3, 0.4) is 0 Å². The van der Waals surface area contributed by atoms with Crippen LogP contribution in [0.2, 0.25) is 0 Å². The van der Waals surface area contributed by atoms with Gasteiger partial charge in [0, 0.05) is 5.69 Å². The third-order valence-electron chi connectivity index (χ3n) is 2.78. The van der Waals surface area contributed by atoms with E-state index in [1.807, 2.05) is 25.1 Å². The fourth-order valence-electron chi connectivity index (χ4n) is 1.77. The molecule has 3 nitrogen and oxygen atoms in total. The maximum atomic E-state index is 13.1. The molecular formula is C16H16FNO2. The van der Waals surface area contributed by atoms with E-state index in [4.69, 9.17) is 4.74 Å². The van der Waals surface area contributed by atoms with Gasteiger partial charge >= 0.3 is 0 Å². The zero-order chi connectivity index (χ0) is 14.4. The third-order valence-corrected chi connectivity index (χ3v) is 2.78. The van der Waals surface area contributed by atoms with Gasteiger partial charge in [0.1, 0.15) is 11.6 Å². The van der Waals surface area contributed by atoms with Crippen molar-refractivity contribution in [3.8, 4) is 5.75 Å². The summed E-state index contributed by atoms with van der Waals surface area (Å²) in [6.45, 7) is 1.86. The highest BCUT2D eigenvalue weighted by Crippen LogP contribution is 2.15. The summed E-state index contributed by atoms with van der Waals surface area (Å²) in [7, 11) is 0. The number of rotatable bonds is 5. The lowest BCUT2D eigenvalue weighted by molar-refractivity contribution is -0.122. The van der Waals surface area contributed by atoms with E-state index in [1.54, 1.807) is 24.3 Å². The Hall–Kier alpha value is -2.36. The molecule has 1 unspecified atom stereocenters. The molecule has 0 saturated carbocycles. The highest BCUT2D eigenvalue weighted by molar-refractivity contribution is 5.94. The van der Waals surface area contributed by atoms with Gasteiger partial charge in [0.25, 0.3) is 5.91 Å². The first-order chi connectivity index (χ1) is 9.69. The highest BCUT2D eigenvalue weighted by Gasteiger charge is 2.18. The summed E-state index contributed by atoms with van der Waals surface area (Å²) < 4.78 is 18.7. The molecule has 1 atom stereocenters. The minimum Gasteiger partial charge on any atom is -0.481 e. The van der Waals surface area contributed by atoms with Crippen LogP contribution in [0.15, 0.2) is 54.6 Å². The largest absolute Gasteiger partial charge is 0.481 e. The number of benzene rings is 2. The second-order valence-electron chi connectivity index (χ2n) is 4.33. The Morgan fingerprint density at radius 1 is 1.20 bits per heavy atom. The van der Waals surface area contributed by atoms with E-state index in [1.165, 1.54) is 12.1 Å². The molecule has 0 spiro atoms. The average Bonchev–Trinajstić information content (AvgIpc) is 2.45. The predicted octanol–water partition coefficient (Wildman–Crippen LogP) is 3.62. The van der Waals surface area contributed by atoms with Gasteiger partial charge in [-0.25, -0.2) is 4.39 Å². The van der Waals surface area contributed by atoms with E-state index in [0.717, 1.165) is 0 Å². The second-order valence-corrected chi connectivity index (χ2v) is 4.33. The number of ether oxygens (including phenoxy) is 1. The Morgan fingerprint density at radius 3 is 2.60 bits per heavy atom. The van der Waals surface area contributed by atoms with Crippen molar-refractivity contribution in [1.82, 2.24) is 0 Å². The average molecular weight is 273 g/mol. The Morgan fingerprint density at radius 2 is 1.95 bits per heavy atom. The SMILES string of the molecule is CCC(Oc1ccccc1)C(=O)Nc1cccc(F)c1. The number of carbonyl (C=O) groups excluding carboxylic acids is 1. The molecule has 0 aliphatic carbocycles. The van der Waals surface area contributed by atoms with Crippen molar-refractivity contribution in [2.24, 2.45) is 0 Å². The first-order valence-corrected chi connectivity index (χ1v) is 6.47. The monoisotopic (exact) mass is 273 g/mol. The molecule has 20 heavy (non-hydrogen) atoms. The number of nitrogens with one attached hydrogen (secondary N) is 1. The molecule has 0 bridgehead atoms. The van der Waals surface area contributed by atoms with Crippen LogP contribution >= 0.6 is 0 Å². The molecule has 104 valence electrons. The molecule has 2 aromatic carbocycles. The van der Waals surface area contributed by atoms with Gasteiger partial charge in [-0.3, -0.25) is 4.79 Å². The van der Waals surface area contributed by atoms with Gasteiger partial charge in [0.05, 0.1) is 0 Å². The molecule has 0 aromatic heterocycles. The molecular weight excluding hydrogens is 257 g/mol. The van der Waals surface area contributed by atoms with Crippen LogP contribution in [-0.4, -0.2) is 12.0 Å². The van der Waals surface area contributed by atoms with Crippen molar-refractivity contribution >= 4 is 11.6 Å². The van der Waals surface area contributed by atoms with E-state index in [-0.39, 0.29) is 11.7 Å². The van der Waals surface area contributed by atoms with E-state index >= 15 is 0 Å². The van der Waals surface area contributed by atoms with Crippen molar-refractivity contribution in [2.45, 2.75) is 19.4 Å². The topological polar surface area (TPSA) is 38.3 Å². The summed E-state index contributed by atoms with van der Waals surface area (Å²) in [6.07, 6.45) is -0.0866. The lowest BCUT2D eigenvalue weighted by atomic mass is 10.2. The van der Waals surface area contributed by atoms with Gasteiger partial charge in [0.15, 0.2) is 6.10 Å². The number of carbonyl (C=O) groups is 1. The van der Waals surface area contributed by atoms with Crippen molar-refractivity contribution in [1.29, 1.82) is 0 Å². The summed E-state index contributed by atoms with van der Waals surface area (Å²) in [5, 5.41) is 2.65. The number of amides is 1. The maximum Gasteiger partial charge on any atom is 0.265 e. The van der Waals surface area contributed by atoms with Gasteiger partial charge in [0.2, 0.25) is 0 Å². The Balaban J connectivity index is 2.02. The van der Waals surface area contributed by atoms with E-state index in [9.17, 15) is 9.18 Å². The van der Waals surface area contributed by atoms with Gasteiger partial charge in [-0.15, -0.1) is 0 Å². The molecule has 0 aliphatic heterocycles. The van der Waals surface area contributed by atoms with Crippen LogP contribution in [0.25, 0.3) is 0 Å². The van der Waals surface area contributed by atoms with Crippen LogP contribution in [0.4, 0.5) is 10.1 Å². The van der Waals surface area contributed by atoms with Crippen LogP contribution in [-0.2, 0) is 4.79 Å². The first-order valence-electron chi connectivity index (χ1n) is 6.47. The molecule has 0 radical (unpaired) electrons. The van der Waals surface area contributed by atoms with Crippen molar-refractivity contribution < 1.29 is 13.9 Å². The molecule has 0 aliphatic rings. The first kappa shape index (κ1) is 14.1. The molecule has 2 rings (SSSR count). The maximum absolute atomic E-state index is 13.1. The quantitative estimate of drug-likeness (QED) is 0.903. The zero-order valence-electron chi connectivity index (χ0n) is 11.2. The lowest BCUT2D eigenvalue weighted by Crippen LogP contribution is -2.32. The van der Waals surface area contributed by atoms with Crippen LogP contribution in [0, 0.1) is 5.82 Å². The molecule has 2 aromatic rings. The van der Waals surface area contributed by atoms with Crippen molar-refractivity contribution in [3.05, 3.63) is 60.4 Å². The standard InChI is InChI=1S/C16H16FNO2/c1-2-15(20-14-9-4-3-5-10-14)16(19)18-13-8-6-7-12(17)11-13/h3-11,15H,2H2,1H3,(H,18,19). The smallest absolute Gasteiger partial charge is 0.265 e. The highest BCUT2D eigenvalue weighted by atomic mass is 19.1. The lowest BCUT2D eigenvalue weighted by Gasteiger charge is -2.17. The number of hydrogen-bond donors (Lipinski definition) is 1. The van der Waals surface area contributed by atoms with Gasteiger partial charge in [-0.05, 0) is 36.8 Å². The van der Waals surface area contributed by atoms with Crippen LogP contribution in [0.1, 0.15) is 13.3 Å². The fourth-order valence-corrected chi connectivity index (χ4v) is 1.77. The van der Waals surface area contributed by atoms with Crippen LogP contribution in [0.5, 0.6) is 5.75 Å². The second kappa shape index (κ2) is 6.70. The summed E-state index contributed by atoms with van der Waals surface area (Å²) >= 11 is 0. The zero-order valence-corrected chi connectivity index (χ0v) is 11.2. The predicted molar refractivity (Wildman–Crippen MR) is 76.2 cm³/mol. The normalized spacial score (nSPS) is 11.7. The summed E-state index contributed by atoms with van der Waals surface area (Å²) in [5.74, 6) is -0.0458. The van der Waals surface area contributed by atoms with E-state index in [2.05, 4.69) is 5.32 Å². The minimum atomic E-state index is -0.610. The molecule has 0 heterocycles. The number of halogens is 1. The molecule has 4 heteroatoms. The number of hydrogen-bond acceptors (Lipinski definition) is 2. The molecule has 1 amide bonds. The van der Waals surface area contributed by atoms with Crippen molar-refractivity contribution in [2.75, 3.05) is 5.32 Å². The Kier molecular flexibility index (Phi) is 4.71. The molecule has 0 saturated heterocycles. The van der Waals surface area contributed by atoms with Gasteiger partial charge < -0.3 is 10.1 Å². The van der Waals surface area contributed by atoms with E-state index in [0.29, 0.717) is 17.9 Å². The Bertz CT molecular complexity index is 572. The fraction of sp³-hybridized carbons (Fsp3) is 0.188. The molecule has 1 N–H and O–H groups in total. The summed E-state index contributed by atoms with van der Waals surface area (Å²) in [4.78, 5) is 12.1. The number of anilines is 1.